The first kappa shape index (κ1) is 15.2. The number of rotatable bonds is 2. The topological polar surface area (TPSA) is 76.1 Å². The van der Waals surface area contributed by atoms with Crippen molar-refractivity contribution in [3.05, 3.63) is 29.0 Å². The Morgan fingerprint density at radius 2 is 2.22 bits per heavy atom. The first-order valence-corrected chi connectivity index (χ1v) is 7.30. The molecule has 1 aromatic heterocycles. The minimum absolute atomic E-state index is 0. The molecule has 1 saturated heterocycles. The van der Waals surface area contributed by atoms with Gasteiger partial charge in [-0.15, -0.1) is 12.4 Å². The molecule has 0 radical (unpaired) electrons. The molecule has 1 aliphatic heterocycles. The van der Waals surface area contributed by atoms with Gasteiger partial charge in [0.2, 0.25) is 0 Å². The van der Waals surface area contributed by atoms with Gasteiger partial charge < -0.3 is 5.32 Å². The average molecular weight is 311 g/mol. The monoisotopic (exact) mass is 310 g/mol. The fourth-order valence-corrected chi connectivity index (χ4v) is 3.61. The lowest BCUT2D eigenvalue weighted by molar-refractivity contribution is 0.0941. The third-order valence-corrected chi connectivity index (χ3v) is 4.64. The Balaban J connectivity index is 0.00000162. The highest BCUT2D eigenvalue weighted by Gasteiger charge is 2.29. The van der Waals surface area contributed by atoms with Crippen molar-refractivity contribution in [2.24, 2.45) is 0 Å². The highest BCUT2D eigenvalue weighted by atomic mass is 35.5. The van der Waals surface area contributed by atoms with E-state index in [1.54, 1.807) is 12.1 Å². The van der Waals surface area contributed by atoms with E-state index in [-0.39, 0.29) is 46.6 Å². The Labute approximate surface area is 116 Å². The molecular formula is C10H12Cl2N2O3S. The van der Waals surface area contributed by atoms with Crippen LogP contribution in [0.4, 0.5) is 0 Å². The van der Waals surface area contributed by atoms with Gasteiger partial charge in [-0.2, -0.15) is 0 Å². The zero-order valence-electron chi connectivity index (χ0n) is 9.30. The van der Waals surface area contributed by atoms with Gasteiger partial charge in [0.05, 0.1) is 17.1 Å². The van der Waals surface area contributed by atoms with Gasteiger partial charge in [0.1, 0.15) is 5.15 Å². The fourth-order valence-electron chi connectivity index (χ4n) is 1.73. The maximum absolute atomic E-state index is 11.8. The molecule has 1 aliphatic rings. The van der Waals surface area contributed by atoms with Gasteiger partial charge in [-0.05, 0) is 18.6 Å². The predicted molar refractivity (Wildman–Crippen MR) is 71.0 cm³/mol. The summed E-state index contributed by atoms with van der Waals surface area (Å²) in [5, 5.41) is 2.77. The van der Waals surface area contributed by atoms with Gasteiger partial charge >= 0.3 is 0 Å². The standard InChI is InChI=1S/C10H11ClN2O3S.ClH/c11-9-8(2-1-4-12-9)10(14)13-7-3-5-17(15,16)6-7;/h1-2,4,7H,3,5-6H2,(H,13,14);1H. The van der Waals surface area contributed by atoms with Crippen LogP contribution in [-0.2, 0) is 9.84 Å². The van der Waals surface area contributed by atoms with E-state index in [0.717, 1.165) is 0 Å². The number of hydrogen-bond donors (Lipinski definition) is 1. The molecule has 1 N–H and O–H groups in total. The van der Waals surface area contributed by atoms with Crippen LogP contribution in [0.15, 0.2) is 18.3 Å². The van der Waals surface area contributed by atoms with Crippen molar-refractivity contribution < 1.29 is 13.2 Å². The van der Waals surface area contributed by atoms with E-state index in [4.69, 9.17) is 11.6 Å². The van der Waals surface area contributed by atoms with Gasteiger partial charge in [0, 0.05) is 12.2 Å². The lowest BCUT2D eigenvalue weighted by Crippen LogP contribution is -2.35. The number of hydrogen-bond acceptors (Lipinski definition) is 4. The summed E-state index contributed by atoms with van der Waals surface area (Å²) in [5.74, 6) is -0.264. The van der Waals surface area contributed by atoms with E-state index in [1.165, 1.54) is 6.20 Å². The van der Waals surface area contributed by atoms with Crippen molar-refractivity contribution in [2.45, 2.75) is 12.5 Å². The minimum atomic E-state index is -3.00. The van der Waals surface area contributed by atoms with E-state index in [1.807, 2.05) is 0 Å². The van der Waals surface area contributed by atoms with Crippen molar-refractivity contribution in [2.75, 3.05) is 11.5 Å². The van der Waals surface area contributed by atoms with E-state index in [2.05, 4.69) is 10.3 Å². The molecule has 0 bridgehead atoms. The van der Waals surface area contributed by atoms with Crippen LogP contribution in [0.25, 0.3) is 0 Å². The van der Waals surface area contributed by atoms with Crippen LogP contribution in [0, 0.1) is 0 Å². The Kier molecular flexibility index (Phi) is 4.95. The number of carbonyl (C=O) groups is 1. The summed E-state index contributed by atoms with van der Waals surface area (Å²) in [6.07, 6.45) is 1.94. The summed E-state index contributed by atoms with van der Waals surface area (Å²) in [6, 6.07) is 2.82. The molecule has 1 atom stereocenters. The summed E-state index contributed by atoms with van der Waals surface area (Å²) in [4.78, 5) is 15.6. The SMILES string of the molecule is Cl.O=C(NC1CCS(=O)(=O)C1)c1cccnc1Cl. The van der Waals surface area contributed by atoms with E-state index >= 15 is 0 Å². The quantitative estimate of drug-likeness (QED) is 0.829. The Morgan fingerprint density at radius 1 is 1.50 bits per heavy atom. The first-order valence-electron chi connectivity index (χ1n) is 5.10. The summed E-state index contributed by atoms with van der Waals surface area (Å²) in [7, 11) is -3.00. The third kappa shape index (κ3) is 3.57. The summed E-state index contributed by atoms with van der Waals surface area (Å²) in [5.41, 5.74) is 0.262. The lowest BCUT2D eigenvalue weighted by atomic mass is 10.2. The zero-order chi connectivity index (χ0) is 12.5. The Bertz CT molecular complexity index is 548. The second-order valence-electron chi connectivity index (χ2n) is 3.92. The molecule has 1 fully saturated rings. The molecule has 100 valence electrons. The Hall–Kier alpha value is -0.850. The second kappa shape index (κ2) is 5.86. The van der Waals surface area contributed by atoms with Gasteiger partial charge in [0.25, 0.3) is 5.91 Å². The van der Waals surface area contributed by atoms with Crippen molar-refractivity contribution in [3.63, 3.8) is 0 Å². The Morgan fingerprint density at radius 3 is 2.78 bits per heavy atom. The maximum Gasteiger partial charge on any atom is 0.254 e. The highest BCUT2D eigenvalue weighted by molar-refractivity contribution is 7.91. The molecule has 0 spiro atoms. The minimum Gasteiger partial charge on any atom is -0.348 e. The lowest BCUT2D eigenvalue weighted by Gasteiger charge is -2.10. The molecule has 5 nitrogen and oxygen atoms in total. The fraction of sp³-hybridized carbons (Fsp3) is 0.400. The normalized spacial score (nSPS) is 21.1. The van der Waals surface area contributed by atoms with E-state index in [9.17, 15) is 13.2 Å². The molecule has 8 heteroatoms. The van der Waals surface area contributed by atoms with E-state index < -0.39 is 9.84 Å². The van der Waals surface area contributed by atoms with Gasteiger partial charge in [-0.3, -0.25) is 4.79 Å². The number of amides is 1. The molecule has 1 unspecified atom stereocenters. The third-order valence-electron chi connectivity index (χ3n) is 2.57. The first-order chi connectivity index (χ1) is 7.98. The molecule has 0 saturated carbocycles. The molecule has 0 aromatic carbocycles. The smallest absolute Gasteiger partial charge is 0.254 e. The van der Waals surface area contributed by atoms with Gasteiger partial charge in [-0.25, -0.2) is 13.4 Å². The second-order valence-corrected chi connectivity index (χ2v) is 6.50. The number of carbonyl (C=O) groups excluding carboxylic acids is 1. The van der Waals surface area contributed by atoms with Crippen LogP contribution < -0.4 is 5.32 Å². The maximum atomic E-state index is 11.8. The van der Waals surface area contributed by atoms with Gasteiger partial charge in [-0.1, -0.05) is 11.6 Å². The van der Waals surface area contributed by atoms with Crippen molar-refractivity contribution in [1.29, 1.82) is 0 Å². The number of nitrogens with one attached hydrogen (secondary N) is 1. The molecular weight excluding hydrogens is 299 g/mol. The number of sulfone groups is 1. The number of halogens is 2. The van der Waals surface area contributed by atoms with Crippen molar-refractivity contribution >= 4 is 39.8 Å². The number of aromatic nitrogens is 1. The van der Waals surface area contributed by atoms with Crippen LogP contribution in [0.1, 0.15) is 16.8 Å². The summed E-state index contributed by atoms with van der Waals surface area (Å²) < 4.78 is 22.5. The van der Waals surface area contributed by atoms with Crippen LogP contribution >= 0.6 is 24.0 Å². The van der Waals surface area contributed by atoms with Crippen molar-refractivity contribution in [1.82, 2.24) is 10.3 Å². The largest absolute Gasteiger partial charge is 0.348 e. The molecule has 1 aromatic rings. The van der Waals surface area contributed by atoms with Gasteiger partial charge in [0.15, 0.2) is 9.84 Å². The number of pyridine rings is 1. The summed E-state index contributed by atoms with van der Waals surface area (Å²) >= 11 is 5.77. The predicted octanol–water partition coefficient (Wildman–Crippen LogP) is 1.07. The van der Waals surface area contributed by atoms with Crippen LogP contribution in [-0.4, -0.2) is 36.9 Å². The van der Waals surface area contributed by atoms with Crippen LogP contribution in [0.3, 0.4) is 0 Å². The molecule has 2 heterocycles. The highest BCUT2D eigenvalue weighted by Crippen LogP contribution is 2.15. The average Bonchev–Trinajstić information content (AvgIpc) is 2.58. The summed E-state index contributed by atoms with van der Waals surface area (Å²) in [6.45, 7) is 0. The van der Waals surface area contributed by atoms with E-state index in [0.29, 0.717) is 6.42 Å². The molecule has 0 aliphatic carbocycles. The number of nitrogens with zero attached hydrogens (tertiary/aromatic N) is 1. The van der Waals surface area contributed by atoms with Crippen molar-refractivity contribution in [3.8, 4) is 0 Å². The zero-order valence-corrected chi connectivity index (χ0v) is 11.7. The molecule has 1 amide bonds. The molecule has 2 rings (SSSR count). The molecule has 18 heavy (non-hydrogen) atoms. The van der Waals surface area contributed by atoms with Crippen LogP contribution in [0.5, 0.6) is 0 Å². The van der Waals surface area contributed by atoms with Crippen LogP contribution in [0.2, 0.25) is 5.15 Å².